The summed E-state index contributed by atoms with van der Waals surface area (Å²) in [4.78, 5) is 53.4. The molecule has 3 amide bonds. The first-order valence-corrected chi connectivity index (χ1v) is 11.0. The summed E-state index contributed by atoms with van der Waals surface area (Å²) in [5, 5.41) is 0. The smallest absolute Gasteiger partial charge is 0.316 e. The van der Waals surface area contributed by atoms with Crippen molar-refractivity contribution in [3.8, 4) is 5.75 Å². The highest BCUT2D eigenvalue weighted by Gasteiger charge is 2.38. The minimum Gasteiger partial charge on any atom is -0.426 e. The third-order valence-electron chi connectivity index (χ3n) is 6.43. The van der Waals surface area contributed by atoms with Crippen LogP contribution in [0.1, 0.15) is 38.3 Å². The predicted octanol–water partition coefficient (Wildman–Crippen LogP) is 4.06. The van der Waals surface area contributed by atoms with Crippen molar-refractivity contribution >= 4 is 35.1 Å². The zero-order valence-corrected chi connectivity index (χ0v) is 18.8. The molecule has 0 unspecified atom stereocenters. The second-order valence-corrected chi connectivity index (χ2v) is 8.53. The second kappa shape index (κ2) is 8.26. The van der Waals surface area contributed by atoms with Crippen molar-refractivity contribution in [2.75, 3.05) is 16.3 Å². The van der Waals surface area contributed by atoms with Crippen LogP contribution in [0.5, 0.6) is 5.75 Å². The van der Waals surface area contributed by atoms with E-state index in [0.717, 1.165) is 21.7 Å². The first-order chi connectivity index (χ1) is 16.3. The summed E-state index contributed by atoms with van der Waals surface area (Å²) in [7, 11) is 0. The van der Waals surface area contributed by atoms with Gasteiger partial charge < -0.3 is 9.64 Å². The largest absolute Gasteiger partial charge is 0.426 e. The van der Waals surface area contributed by atoms with E-state index in [9.17, 15) is 19.2 Å². The maximum atomic E-state index is 12.8. The zero-order chi connectivity index (χ0) is 24.0. The van der Waals surface area contributed by atoms with Gasteiger partial charge in [-0.15, -0.1) is 0 Å². The van der Waals surface area contributed by atoms with Gasteiger partial charge in [0, 0.05) is 18.7 Å². The van der Waals surface area contributed by atoms with Gasteiger partial charge in [-0.25, -0.2) is 4.90 Å². The monoisotopic (exact) mass is 454 g/mol. The third kappa shape index (κ3) is 3.55. The average Bonchev–Trinajstić information content (AvgIpc) is 3.34. The van der Waals surface area contributed by atoms with Crippen molar-refractivity contribution < 1.29 is 23.9 Å². The molecule has 0 spiro atoms. The summed E-state index contributed by atoms with van der Waals surface area (Å²) in [5.41, 5.74) is 4.02. The molecule has 0 saturated carbocycles. The lowest BCUT2D eigenvalue weighted by Crippen LogP contribution is -2.29. The number of hydrogen-bond donors (Lipinski definition) is 0. The molecule has 2 heterocycles. The maximum absolute atomic E-state index is 12.8. The number of rotatable bonds is 4. The van der Waals surface area contributed by atoms with E-state index in [1.54, 1.807) is 41.3 Å². The number of imide groups is 1. The van der Waals surface area contributed by atoms with Gasteiger partial charge in [0.25, 0.3) is 11.8 Å². The molecular weight excluding hydrogens is 432 g/mol. The van der Waals surface area contributed by atoms with Gasteiger partial charge >= 0.3 is 5.97 Å². The molecule has 1 atom stereocenters. The molecule has 34 heavy (non-hydrogen) atoms. The number of carbonyl (C=O) groups is 4. The van der Waals surface area contributed by atoms with Crippen LogP contribution < -0.4 is 14.5 Å². The number of ether oxygens (including phenoxy) is 1. The van der Waals surface area contributed by atoms with Crippen molar-refractivity contribution in [2.45, 2.75) is 20.3 Å². The van der Waals surface area contributed by atoms with Crippen LogP contribution in [0.15, 0.2) is 66.7 Å². The lowest BCUT2D eigenvalue weighted by atomic mass is 10.1. The molecule has 0 aromatic heterocycles. The lowest BCUT2D eigenvalue weighted by Gasteiger charge is -2.20. The number of nitrogens with zero attached hydrogens (tertiary/aromatic N) is 2. The molecule has 1 fully saturated rings. The van der Waals surface area contributed by atoms with Gasteiger partial charge in [0.05, 0.1) is 22.7 Å². The van der Waals surface area contributed by atoms with Gasteiger partial charge in [-0.2, -0.15) is 0 Å². The lowest BCUT2D eigenvalue weighted by molar-refractivity contribution is -0.139. The minimum atomic E-state index is -0.580. The topological polar surface area (TPSA) is 84.0 Å². The van der Waals surface area contributed by atoms with Crippen LogP contribution in [0.4, 0.5) is 11.4 Å². The molecule has 2 aliphatic heterocycles. The molecule has 0 N–H and O–H groups in total. The van der Waals surface area contributed by atoms with Crippen molar-refractivity contribution in [3.63, 3.8) is 0 Å². The van der Waals surface area contributed by atoms with E-state index in [2.05, 4.69) is 0 Å². The molecule has 3 aromatic carbocycles. The van der Waals surface area contributed by atoms with Crippen LogP contribution in [-0.4, -0.2) is 30.2 Å². The molecule has 7 heteroatoms. The molecule has 0 radical (unpaired) electrons. The van der Waals surface area contributed by atoms with E-state index in [1.807, 2.05) is 32.0 Å². The van der Waals surface area contributed by atoms with E-state index in [4.69, 9.17) is 4.74 Å². The van der Waals surface area contributed by atoms with Crippen molar-refractivity contribution in [2.24, 2.45) is 5.92 Å². The van der Waals surface area contributed by atoms with Crippen LogP contribution in [0.25, 0.3) is 0 Å². The first kappa shape index (κ1) is 21.6. The number of carbonyl (C=O) groups excluding carboxylic acids is 4. The van der Waals surface area contributed by atoms with Crippen LogP contribution in [0.3, 0.4) is 0 Å². The quantitative estimate of drug-likeness (QED) is 0.337. The fourth-order valence-corrected chi connectivity index (χ4v) is 4.41. The van der Waals surface area contributed by atoms with Crippen LogP contribution in [0.2, 0.25) is 0 Å². The van der Waals surface area contributed by atoms with E-state index in [-0.39, 0.29) is 36.4 Å². The molecule has 5 rings (SSSR count). The van der Waals surface area contributed by atoms with Gasteiger partial charge in [-0.05, 0) is 67.4 Å². The summed E-state index contributed by atoms with van der Waals surface area (Å²) in [6.45, 7) is 4.20. The Morgan fingerprint density at radius 3 is 2.15 bits per heavy atom. The number of aryl methyl sites for hydroxylation is 1. The number of fused-ring (bicyclic) bond motifs is 1. The number of esters is 1. The molecule has 3 aromatic rings. The standard InChI is InChI=1S/C27H22N2O5/c1-16-6-5-9-23(17(16)2)28-15-18(14-24(28)30)27(33)34-20-12-10-19(11-13-20)29-25(31)21-7-3-4-8-22(21)26(29)32/h3-13,18H,14-15H2,1-2H3/t18-/m1/s1. The van der Waals surface area contributed by atoms with Gasteiger partial charge in [0.15, 0.2) is 0 Å². The second-order valence-electron chi connectivity index (χ2n) is 8.53. The van der Waals surface area contributed by atoms with Gasteiger partial charge in [-0.3, -0.25) is 19.2 Å². The Bertz CT molecular complexity index is 1310. The van der Waals surface area contributed by atoms with E-state index < -0.39 is 11.9 Å². The molecule has 0 aliphatic carbocycles. The van der Waals surface area contributed by atoms with Gasteiger partial charge in [-0.1, -0.05) is 24.3 Å². The molecule has 1 saturated heterocycles. The normalized spacial score (nSPS) is 17.4. The van der Waals surface area contributed by atoms with Crippen LogP contribution in [-0.2, 0) is 9.59 Å². The third-order valence-corrected chi connectivity index (χ3v) is 6.43. The van der Waals surface area contributed by atoms with Crippen LogP contribution >= 0.6 is 0 Å². The number of hydrogen-bond acceptors (Lipinski definition) is 5. The van der Waals surface area contributed by atoms with Crippen molar-refractivity contribution in [3.05, 3.63) is 89.0 Å². The highest BCUT2D eigenvalue weighted by molar-refractivity contribution is 6.34. The van der Waals surface area contributed by atoms with E-state index in [1.165, 1.54) is 12.1 Å². The molecular formula is C27H22N2O5. The Morgan fingerprint density at radius 2 is 1.50 bits per heavy atom. The molecule has 2 aliphatic rings. The number of anilines is 2. The Kier molecular flexibility index (Phi) is 5.24. The van der Waals surface area contributed by atoms with Crippen molar-refractivity contribution in [1.82, 2.24) is 0 Å². The van der Waals surface area contributed by atoms with Gasteiger partial charge in [0.1, 0.15) is 5.75 Å². The van der Waals surface area contributed by atoms with E-state index >= 15 is 0 Å². The molecule has 170 valence electrons. The molecule has 0 bridgehead atoms. The summed E-state index contributed by atoms with van der Waals surface area (Å²) in [5.74, 6) is -1.68. The fraction of sp³-hybridized carbons (Fsp3) is 0.185. The van der Waals surface area contributed by atoms with E-state index in [0.29, 0.717) is 16.8 Å². The molecule has 7 nitrogen and oxygen atoms in total. The number of benzene rings is 3. The summed E-state index contributed by atoms with van der Waals surface area (Å²) < 4.78 is 5.51. The summed E-state index contributed by atoms with van der Waals surface area (Å²) >= 11 is 0. The summed E-state index contributed by atoms with van der Waals surface area (Å²) in [6, 6.07) is 18.6. The zero-order valence-electron chi connectivity index (χ0n) is 18.8. The van der Waals surface area contributed by atoms with Gasteiger partial charge in [0.2, 0.25) is 5.91 Å². The fourth-order valence-electron chi connectivity index (χ4n) is 4.41. The van der Waals surface area contributed by atoms with Crippen LogP contribution in [0, 0.1) is 19.8 Å². The SMILES string of the molecule is Cc1cccc(N2C[C@H](C(=O)Oc3ccc(N4C(=O)c5ccccc5C4=O)cc3)CC2=O)c1C. The predicted molar refractivity (Wildman–Crippen MR) is 126 cm³/mol. The first-order valence-electron chi connectivity index (χ1n) is 11.0. The maximum Gasteiger partial charge on any atom is 0.316 e. The van der Waals surface area contributed by atoms with Crippen molar-refractivity contribution in [1.29, 1.82) is 0 Å². The Morgan fingerprint density at radius 1 is 0.853 bits per heavy atom. The minimum absolute atomic E-state index is 0.0827. The highest BCUT2D eigenvalue weighted by atomic mass is 16.5. The summed E-state index contributed by atoms with van der Waals surface area (Å²) in [6.07, 6.45) is 0.0827. The highest BCUT2D eigenvalue weighted by Crippen LogP contribution is 2.32. The average molecular weight is 454 g/mol. The number of amides is 3. The Labute approximate surface area is 196 Å². The Hall–Kier alpha value is -4.26. The Balaban J connectivity index is 1.27.